The molecule has 0 aliphatic rings. The third kappa shape index (κ3) is 2.76. The molecule has 1 heterocycles. The van der Waals surface area contributed by atoms with E-state index in [0.717, 1.165) is 23.4 Å². The van der Waals surface area contributed by atoms with Crippen molar-refractivity contribution in [1.82, 2.24) is 9.78 Å². The van der Waals surface area contributed by atoms with E-state index in [0.29, 0.717) is 11.3 Å². The van der Waals surface area contributed by atoms with Crippen molar-refractivity contribution < 1.29 is 4.79 Å². The summed E-state index contributed by atoms with van der Waals surface area (Å²) in [6, 6.07) is 5.25. The average molecular weight is 258 g/mol. The molecule has 0 bridgehead atoms. The number of carbonyl (C=O) groups is 1. The number of aromatic nitrogens is 2. The second kappa shape index (κ2) is 5.14. The summed E-state index contributed by atoms with van der Waals surface area (Å²) in [6.45, 7) is 3.89. The van der Waals surface area contributed by atoms with Crippen molar-refractivity contribution in [3.8, 4) is 0 Å². The van der Waals surface area contributed by atoms with E-state index in [9.17, 15) is 4.79 Å². The molecule has 0 atom stereocenters. The van der Waals surface area contributed by atoms with Gasteiger partial charge in [-0.05, 0) is 37.1 Å². The molecule has 0 saturated carbocycles. The zero-order valence-electron chi connectivity index (χ0n) is 11.4. The van der Waals surface area contributed by atoms with Crippen molar-refractivity contribution in [3.63, 3.8) is 0 Å². The Bertz CT molecular complexity index is 616. The molecule has 1 amide bonds. The molecule has 0 radical (unpaired) electrons. The molecule has 5 heteroatoms. The predicted molar refractivity (Wildman–Crippen MR) is 76.1 cm³/mol. The highest BCUT2D eigenvalue weighted by Crippen LogP contribution is 2.17. The molecule has 0 fully saturated rings. The van der Waals surface area contributed by atoms with E-state index in [1.807, 2.05) is 20.9 Å². The molecule has 1 aromatic heterocycles. The zero-order valence-corrected chi connectivity index (χ0v) is 11.4. The Balaban J connectivity index is 2.22. The molecule has 5 nitrogen and oxygen atoms in total. The van der Waals surface area contributed by atoms with Gasteiger partial charge >= 0.3 is 0 Å². The number of hydrogen-bond donors (Lipinski definition) is 2. The Morgan fingerprint density at radius 2 is 2.21 bits per heavy atom. The van der Waals surface area contributed by atoms with Crippen LogP contribution in [0.5, 0.6) is 0 Å². The van der Waals surface area contributed by atoms with Crippen LogP contribution in [-0.4, -0.2) is 15.7 Å². The fraction of sp³-hybridized carbons (Fsp3) is 0.286. The minimum Gasteiger partial charge on any atom is -0.399 e. The van der Waals surface area contributed by atoms with E-state index in [1.54, 1.807) is 29.1 Å². The molecular weight excluding hydrogens is 240 g/mol. The number of carbonyl (C=O) groups excluding carboxylic acids is 1. The third-order valence-corrected chi connectivity index (χ3v) is 3.02. The summed E-state index contributed by atoms with van der Waals surface area (Å²) >= 11 is 0. The molecule has 2 aromatic rings. The minimum atomic E-state index is -0.147. The first kappa shape index (κ1) is 13.1. The second-order valence-corrected chi connectivity index (χ2v) is 4.54. The molecular formula is C14H18N4O. The summed E-state index contributed by atoms with van der Waals surface area (Å²) < 4.78 is 1.70. The molecule has 1 aromatic carbocycles. The molecule has 0 saturated heterocycles. The Kier molecular flexibility index (Phi) is 3.55. The number of nitrogens with one attached hydrogen (secondary N) is 1. The summed E-state index contributed by atoms with van der Waals surface area (Å²) in [7, 11) is 1.84. The van der Waals surface area contributed by atoms with Gasteiger partial charge in [0.25, 0.3) is 5.91 Å². The second-order valence-electron chi connectivity index (χ2n) is 4.54. The average Bonchev–Trinajstić information content (AvgIpc) is 2.72. The molecule has 2 rings (SSSR count). The number of benzene rings is 1. The lowest BCUT2D eigenvalue weighted by atomic mass is 10.1. The molecule has 19 heavy (non-hydrogen) atoms. The largest absolute Gasteiger partial charge is 0.399 e. The van der Waals surface area contributed by atoms with Crippen molar-refractivity contribution in [2.45, 2.75) is 20.3 Å². The van der Waals surface area contributed by atoms with Crippen LogP contribution in [0.1, 0.15) is 28.5 Å². The van der Waals surface area contributed by atoms with Crippen LogP contribution in [0, 0.1) is 6.92 Å². The Morgan fingerprint density at radius 3 is 2.84 bits per heavy atom. The number of nitrogens with two attached hydrogens (primary N) is 1. The van der Waals surface area contributed by atoms with E-state index < -0.39 is 0 Å². The van der Waals surface area contributed by atoms with Crippen LogP contribution in [-0.2, 0) is 13.5 Å². The Labute approximate surface area is 112 Å². The van der Waals surface area contributed by atoms with Gasteiger partial charge in [-0.15, -0.1) is 0 Å². The topological polar surface area (TPSA) is 72.9 Å². The fourth-order valence-electron chi connectivity index (χ4n) is 1.91. The lowest BCUT2D eigenvalue weighted by Crippen LogP contribution is -2.13. The van der Waals surface area contributed by atoms with Crippen LogP contribution >= 0.6 is 0 Å². The van der Waals surface area contributed by atoms with Crippen molar-refractivity contribution in [3.05, 3.63) is 41.2 Å². The quantitative estimate of drug-likeness (QED) is 0.828. The number of rotatable bonds is 3. The van der Waals surface area contributed by atoms with Crippen molar-refractivity contribution in [2.24, 2.45) is 7.05 Å². The fourth-order valence-corrected chi connectivity index (χ4v) is 1.91. The van der Waals surface area contributed by atoms with Gasteiger partial charge in [-0.3, -0.25) is 9.48 Å². The van der Waals surface area contributed by atoms with E-state index >= 15 is 0 Å². The number of nitrogen functional groups attached to an aromatic ring is 1. The van der Waals surface area contributed by atoms with Gasteiger partial charge in [-0.25, -0.2) is 0 Å². The summed E-state index contributed by atoms with van der Waals surface area (Å²) in [5, 5.41) is 7.17. The van der Waals surface area contributed by atoms with E-state index in [4.69, 9.17) is 5.73 Å². The van der Waals surface area contributed by atoms with Crippen LogP contribution < -0.4 is 11.1 Å². The molecule has 100 valence electrons. The van der Waals surface area contributed by atoms with Gasteiger partial charge in [0, 0.05) is 24.5 Å². The van der Waals surface area contributed by atoms with Crippen molar-refractivity contribution in [2.75, 3.05) is 11.1 Å². The number of hydrogen-bond acceptors (Lipinski definition) is 3. The van der Waals surface area contributed by atoms with E-state index in [1.165, 1.54) is 0 Å². The summed E-state index contributed by atoms with van der Waals surface area (Å²) in [4.78, 5) is 12.2. The normalized spacial score (nSPS) is 10.5. The first-order valence-corrected chi connectivity index (χ1v) is 6.21. The highest BCUT2D eigenvalue weighted by Gasteiger charge is 2.11. The van der Waals surface area contributed by atoms with Gasteiger partial charge in [0.2, 0.25) is 0 Å². The van der Waals surface area contributed by atoms with Crippen LogP contribution in [0.15, 0.2) is 24.4 Å². The van der Waals surface area contributed by atoms with E-state index in [-0.39, 0.29) is 5.91 Å². The zero-order chi connectivity index (χ0) is 14.0. The number of anilines is 2. The highest BCUT2D eigenvalue weighted by atomic mass is 16.1. The van der Waals surface area contributed by atoms with Gasteiger partial charge in [-0.2, -0.15) is 5.10 Å². The maximum Gasteiger partial charge on any atom is 0.255 e. The van der Waals surface area contributed by atoms with E-state index in [2.05, 4.69) is 10.4 Å². The lowest BCUT2D eigenvalue weighted by molar-refractivity contribution is 0.102. The van der Waals surface area contributed by atoms with Gasteiger partial charge < -0.3 is 11.1 Å². The number of nitrogens with zero attached hydrogens (tertiary/aromatic N) is 2. The Hall–Kier alpha value is -2.30. The third-order valence-electron chi connectivity index (χ3n) is 3.02. The molecule has 0 aliphatic carbocycles. The monoisotopic (exact) mass is 258 g/mol. The highest BCUT2D eigenvalue weighted by molar-refractivity contribution is 6.04. The lowest BCUT2D eigenvalue weighted by Gasteiger charge is -2.06. The first-order valence-electron chi connectivity index (χ1n) is 6.21. The number of amides is 1. The molecule has 0 spiro atoms. The van der Waals surface area contributed by atoms with Crippen molar-refractivity contribution in [1.29, 1.82) is 0 Å². The maximum absolute atomic E-state index is 12.2. The SMILES string of the molecule is CCc1nn(C)cc1NC(=O)c1ccc(N)c(C)c1. The van der Waals surface area contributed by atoms with Crippen LogP contribution in [0.2, 0.25) is 0 Å². The predicted octanol–water partition coefficient (Wildman–Crippen LogP) is 2.13. The summed E-state index contributed by atoms with van der Waals surface area (Å²) in [5.74, 6) is -0.147. The van der Waals surface area contributed by atoms with Crippen LogP contribution in [0.3, 0.4) is 0 Å². The Morgan fingerprint density at radius 1 is 1.47 bits per heavy atom. The van der Waals surface area contributed by atoms with Gasteiger partial charge in [0.1, 0.15) is 0 Å². The van der Waals surface area contributed by atoms with Gasteiger partial charge in [0.15, 0.2) is 0 Å². The summed E-state index contributed by atoms with van der Waals surface area (Å²) in [6.07, 6.45) is 2.58. The molecule has 0 unspecified atom stereocenters. The van der Waals surface area contributed by atoms with Crippen LogP contribution in [0.4, 0.5) is 11.4 Å². The number of aryl methyl sites for hydroxylation is 3. The molecule has 0 aliphatic heterocycles. The molecule has 3 N–H and O–H groups in total. The van der Waals surface area contributed by atoms with Crippen molar-refractivity contribution >= 4 is 17.3 Å². The van der Waals surface area contributed by atoms with Gasteiger partial charge in [-0.1, -0.05) is 6.92 Å². The summed E-state index contributed by atoms with van der Waals surface area (Å²) in [5.41, 5.74) is 9.56. The van der Waals surface area contributed by atoms with Gasteiger partial charge in [0.05, 0.1) is 11.4 Å². The van der Waals surface area contributed by atoms with Crippen LogP contribution in [0.25, 0.3) is 0 Å². The minimum absolute atomic E-state index is 0.147. The maximum atomic E-state index is 12.2. The standard InChI is InChI=1S/C14H18N4O/c1-4-12-13(8-18(3)17-12)16-14(19)10-5-6-11(15)9(2)7-10/h5-8H,4,15H2,1-3H3,(H,16,19). The smallest absolute Gasteiger partial charge is 0.255 e. The first-order chi connectivity index (χ1) is 9.01.